The van der Waals surface area contributed by atoms with Crippen LogP contribution >= 0.6 is 28.1 Å². The van der Waals surface area contributed by atoms with Gasteiger partial charge < -0.3 is 16.0 Å². The molecule has 4 nitrogen and oxygen atoms in total. The minimum Gasteiger partial charge on any atom is -0.351 e. The molecule has 0 aliphatic carbocycles. The van der Waals surface area contributed by atoms with Crippen LogP contribution in [0.2, 0.25) is 0 Å². The van der Waals surface area contributed by atoms with Crippen LogP contribution in [0.3, 0.4) is 0 Å². The fourth-order valence-electron chi connectivity index (χ4n) is 3.46. The van der Waals surface area contributed by atoms with Crippen molar-refractivity contribution in [3.05, 3.63) is 88.0 Å². The van der Waals surface area contributed by atoms with E-state index in [0.29, 0.717) is 10.7 Å². The van der Waals surface area contributed by atoms with E-state index in [1.807, 2.05) is 55.5 Å². The van der Waals surface area contributed by atoms with E-state index in [2.05, 4.69) is 50.1 Å². The van der Waals surface area contributed by atoms with Crippen LogP contribution in [0, 0.1) is 0 Å². The fourth-order valence-corrected chi connectivity index (χ4v) is 4.00. The van der Waals surface area contributed by atoms with E-state index in [1.54, 1.807) is 0 Å². The van der Waals surface area contributed by atoms with E-state index >= 15 is 0 Å². The third-order valence-corrected chi connectivity index (χ3v) is 5.50. The molecule has 1 aliphatic heterocycles. The standard InChI is InChI=1S/C22H18BrN3OS/c1-13-19(21(27)25-16-11-9-15(23)10-12-16)20(26-22(28)24-13)18-8-4-6-14-5-2-3-7-17(14)18/h2-12,20H,1H3,(H,25,27)(H2,24,26,28)/t20-/m0/s1. The minimum absolute atomic E-state index is 0.166. The van der Waals surface area contributed by atoms with Gasteiger partial charge in [-0.1, -0.05) is 58.4 Å². The number of carbonyl (C=O) groups is 1. The topological polar surface area (TPSA) is 53.2 Å². The van der Waals surface area contributed by atoms with E-state index < -0.39 is 0 Å². The first-order chi connectivity index (χ1) is 13.5. The van der Waals surface area contributed by atoms with Crippen LogP contribution in [0.1, 0.15) is 18.5 Å². The van der Waals surface area contributed by atoms with Crippen molar-refractivity contribution in [2.75, 3.05) is 5.32 Å². The molecule has 0 spiro atoms. The molecule has 0 unspecified atom stereocenters. The van der Waals surface area contributed by atoms with E-state index in [0.717, 1.165) is 32.2 Å². The van der Waals surface area contributed by atoms with Crippen molar-refractivity contribution in [1.82, 2.24) is 10.6 Å². The Labute approximate surface area is 177 Å². The van der Waals surface area contributed by atoms with Crippen molar-refractivity contribution in [3.63, 3.8) is 0 Å². The molecule has 0 saturated carbocycles. The van der Waals surface area contributed by atoms with Gasteiger partial charge in [-0.2, -0.15) is 0 Å². The molecule has 0 radical (unpaired) electrons. The van der Waals surface area contributed by atoms with Gasteiger partial charge in [0.25, 0.3) is 5.91 Å². The molecule has 4 rings (SSSR count). The lowest BCUT2D eigenvalue weighted by atomic mass is 9.91. The highest BCUT2D eigenvalue weighted by Crippen LogP contribution is 2.32. The Balaban J connectivity index is 1.76. The van der Waals surface area contributed by atoms with E-state index in [-0.39, 0.29) is 11.9 Å². The summed E-state index contributed by atoms with van der Waals surface area (Å²) in [5.74, 6) is -0.166. The summed E-state index contributed by atoms with van der Waals surface area (Å²) in [7, 11) is 0. The number of fused-ring (bicyclic) bond motifs is 1. The van der Waals surface area contributed by atoms with E-state index in [1.165, 1.54) is 0 Å². The Morgan fingerprint density at radius 1 is 1.04 bits per heavy atom. The quantitative estimate of drug-likeness (QED) is 0.488. The monoisotopic (exact) mass is 451 g/mol. The van der Waals surface area contributed by atoms with Gasteiger partial charge in [0.2, 0.25) is 0 Å². The lowest BCUT2D eigenvalue weighted by Gasteiger charge is -2.31. The Morgan fingerprint density at radius 3 is 2.54 bits per heavy atom. The molecule has 6 heteroatoms. The summed E-state index contributed by atoms with van der Waals surface area (Å²) < 4.78 is 0.959. The predicted molar refractivity (Wildman–Crippen MR) is 121 cm³/mol. The van der Waals surface area contributed by atoms with Crippen LogP contribution in [0.15, 0.2) is 82.5 Å². The van der Waals surface area contributed by atoms with Crippen molar-refractivity contribution in [2.45, 2.75) is 13.0 Å². The summed E-state index contributed by atoms with van der Waals surface area (Å²) in [6, 6.07) is 21.4. The molecule has 1 atom stereocenters. The predicted octanol–water partition coefficient (Wildman–Crippen LogP) is 5.03. The molecule has 1 amide bonds. The molecule has 0 aromatic heterocycles. The highest BCUT2D eigenvalue weighted by molar-refractivity contribution is 9.10. The molecular formula is C22H18BrN3OS. The number of hydrogen-bond donors (Lipinski definition) is 3. The molecular weight excluding hydrogens is 434 g/mol. The normalized spacial score (nSPS) is 16.5. The highest BCUT2D eigenvalue weighted by Gasteiger charge is 2.30. The summed E-state index contributed by atoms with van der Waals surface area (Å²) in [4.78, 5) is 13.2. The lowest BCUT2D eigenvalue weighted by molar-refractivity contribution is -0.113. The average molecular weight is 452 g/mol. The number of anilines is 1. The van der Waals surface area contributed by atoms with E-state index in [4.69, 9.17) is 12.2 Å². The Hall–Kier alpha value is -2.70. The number of amides is 1. The second kappa shape index (κ2) is 7.73. The molecule has 1 heterocycles. The van der Waals surface area contributed by atoms with Gasteiger partial charge in [-0.05, 0) is 59.7 Å². The molecule has 0 fully saturated rings. The first-order valence-corrected chi connectivity index (χ1v) is 10.1. The maximum atomic E-state index is 13.2. The van der Waals surface area contributed by atoms with Gasteiger partial charge >= 0.3 is 0 Å². The number of rotatable bonds is 3. The smallest absolute Gasteiger partial charge is 0.255 e. The summed E-state index contributed by atoms with van der Waals surface area (Å²) in [5, 5.41) is 12.1. The maximum Gasteiger partial charge on any atom is 0.255 e. The molecule has 0 bridgehead atoms. The first kappa shape index (κ1) is 18.7. The summed E-state index contributed by atoms with van der Waals surface area (Å²) in [6.07, 6.45) is 0. The Bertz CT molecular complexity index is 1100. The van der Waals surface area contributed by atoms with Crippen LogP contribution in [0.5, 0.6) is 0 Å². The summed E-state index contributed by atoms with van der Waals surface area (Å²) in [6.45, 7) is 1.88. The zero-order chi connectivity index (χ0) is 19.7. The van der Waals surface area contributed by atoms with Gasteiger partial charge in [0.05, 0.1) is 11.6 Å². The van der Waals surface area contributed by atoms with Crippen LogP contribution in [-0.2, 0) is 4.79 Å². The average Bonchev–Trinajstić information content (AvgIpc) is 2.68. The van der Waals surface area contributed by atoms with Gasteiger partial charge in [0.15, 0.2) is 5.11 Å². The van der Waals surface area contributed by atoms with Gasteiger partial charge in [-0.15, -0.1) is 0 Å². The number of hydrogen-bond acceptors (Lipinski definition) is 2. The lowest BCUT2D eigenvalue weighted by Crippen LogP contribution is -2.45. The number of halogens is 1. The number of allylic oxidation sites excluding steroid dienone is 1. The summed E-state index contributed by atoms with van der Waals surface area (Å²) in [5.41, 5.74) is 3.12. The van der Waals surface area contributed by atoms with Crippen LogP contribution < -0.4 is 16.0 Å². The van der Waals surface area contributed by atoms with Crippen molar-refractivity contribution in [2.24, 2.45) is 0 Å². The number of carbonyl (C=O) groups excluding carboxylic acids is 1. The third-order valence-electron chi connectivity index (χ3n) is 4.75. The van der Waals surface area contributed by atoms with Crippen molar-refractivity contribution >= 4 is 55.6 Å². The zero-order valence-electron chi connectivity index (χ0n) is 15.1. The SMILES string of the molecule is CC1=C(C(=O)Nc2ccc(Br)cc2)[C@H](c2cccc3ccccc23)NC(=S)N1. The van der Waals surface area contributed by atoms with Crippen LogP contribution in [0.25, 0.3) is 10.8 Å². The van der Waals surface area contributed by atoms with Gasteiger partial charge in [-0.3, -0.25) is 4.79 Å². The molecule has 140 valence electrons. The van der Waals surface area contributed by atoms with Gasteiger partial charge in [0, 0.05) is 15.9 Å². The Kier molecular flexibility index (Phi) is 5.15. The van der Waals surface area contributed by atoms with Crippen LogP contribution in [-0.4, -0.2) is 11.0 Å². The largest absolute Gasteiger partial charge is 0.351 e. The highest BCUT2D eigenvalue weighted by atomic mass is 79.9. The fraction of sp³-hybridized carbons (Fsp3) is 0.0909. The number of thiocarbonyl (C=S) groups is 1. The molecule has 3 N–H and O–H groups in total. The first-order valence-electron chi connectivity index (χ1n) is 8.86. The molecule has 3 aromatic carbocycles. The number of benzene rings is 3. The third kappa shape index (κ3) is 3.66. The second-order valence-electron chi connectivity index (χ2n) is 6.60. The molecule has 3 aromatic rings. The van der Waals surface area contributed by atoms with Crippen molar-refractivity contribution < 1.29 is 4.79 Å². The summed E-state index contributed by atoms with van der Waals surface area (Å²) >= 11 is 8.78. The molecule has 28 heavy (non-hydrogen) atoms. The second-order valence-corrected chi connectivity index (χ2v) is 7.92. The zero-order valence-corrected chi connectivity index (χ0v) is 17.5. The van der Waals surface area contributed by atoms with E-state index in [9.17, 15) is 4.79 Å². The molecule has 0 saturated heterocycles. The maximum absolute atomic E-state index is 13.2. The van der Waals surface area contributed by atoms with Gasteiger partial charge in [0.1, 0.15) is 0 Å². The molecule has 1 aliphatic rings. The van der Waals surface area contributed by atoms with Gasteiger partial charge in [-0.25, -0.2) is 0 Å². The number of nitrogens with one attached hydrogen (secondary N) is 3. The van der Waals surface area contributed by atoms with Crippen LogP contribution in [0.4, 0.5) is 5.69 Å². The Morgan fingerprint density at radius 2 is 1.75 bits per heavy atom. The minimum atomic E-state index is -0.338. The van der Waals surface area contributed by atoms with Crippen molar-refractivity contribution in [3.8, 4) is 0 Å². The van der Waals surface area contributed by atoms with Crippen molar-refractivity contribution in [1.29, 1.82) is 0 Å².